The Bertz CT molecular complexity index is 459. The molecule has 18 heavy (non-hydrogen) atoms. The highest BCUT2D eigenvalue weighted by atomic mass is 16.5. The average molecular weight is 246 g/mol. The van der Waals surface area contributed by atoms with Crippen molar-refractivity contribution in [3.8, 4) is 0 Å². The van der Waals surface area contributed by atoms with Gasteiger partial charge in [-0.05, 0) is 23.6 Å². The van der Waals surface area contributed by atoms with E-state index in [1.54, 1.807) is 0 Å². The van der Waals surface area contributed by atoms with E-state index in [0.29, 0.717) is 0 Å². The molecule has 3 rings (SSSR count). The minimum Gasteiger partial charge on any atom is -0.496 e. The van der Waals surface area contributed by atoms with Crippen molar-refractivity contribution in [2.45, 2.75) is 25.0 Å². The van der Waals surface area contributed by atoms with Crippen LogP contribution in [-0.2, 0) is 15.9 Å². The molecule has 3 N–H and O–H groups in total. The second-order valence-electron chi connectivity index (χ2n) is 4.63. The number of fused-ring (bicyclic) bond motifs is 1. The van der Waals surface area contributed by atoms with Crippen molar-refractivity contribution < 1.29 is 9.47 Å². The van der Waals surface area contributed by atoms with Crippen LogP contribution in [0.4, 0.5) is 0 Å². The maximum absolute atomic E-state index is 5.91. The van der Waals surface area contributed by atoms with Crippen LogP contribution in [0.3, 0.4) is 0 Å². The predicted octanol–water partition coefficient (Wildman–Crippen LogP) is 1.44. The summed E-state index contributed by atoms with van der Waals surface area (Å²) in [6, 6.07) is 8.27. The normalized spacial score (nSPS) is 24.1. The van der Waals surface area contributed by atoms with E-state index >= 15 is 0 Å². The number of hydrogen-bond acceptors (Lipinski definition) is 4. The molecule has 2 unspecified atom stereocenters. The van der Waals surface area contributed by atoms with Gasteiger partial charge >= 0.3 is 0 Å². The highest BCUT2D eigenvalue weighted by molar-refractivity contribution is 5.33. The zero-order chi connectivity index (χ0) is 12.4. The van der Waals surface area contributed by atoms with Gasteiger partial charge in [-0.25, -0.2) is 5.43 Å². The lowest BCUT2D eigenvalue weighted by molar-refractivity contribution is 0.0108. The Morgan fingerprint density at radius 1 is 1.28 bits per heavy atom. The number of hydrogen-bond donors (Lipinski definition) is 2. The van der Waals surface area contributed by atoms with E-state index in [-0.39, 0.29) is 12.1 Å². The van der Waals surface area contributed by atoms with Gasteiger partial charge in [0, 0.05) is 6.42 Å². The molecule has 4 nitrogen and oxygen atoms in total. The van der Waals surface area contributed by atoms with E-state index in [1.807, 2.05) is 6.07 Å². The fraction of sp³-hybridized carbons (Fsp3) is 0.429. The molecule has 0 amide bonds. The first-order valence-electron chi connectivity index (χ1n) is 6.38. The number of rotatable bonds is 3. The second kappa shape index (κ2) is 5.10. The van der Waals surface area contributed by atoms with Gasteiger partial charge in [0.1, 0.15) is 17.9 Å². The van der Waals surface area contributed by atoms with Crippen LogP contribution in [0.5, 0.6) is 0 Å². The van der Waals surface area contributed by atoms with Crippen LogP contribution in [0.1, 0.15) is 23.7 Å². The topological polar surface area (TPSA) is 56.5 Å². The molecule has 0 aliphatic carbocycles. The first-order chi connectivity index (χ1) is 8.90. The van der Waals surface area contributed by atoms with Crippen LogP contribution < -0.4 is 11.3 Å². The Kier molecular flexibility index (Phi) is 3.32. The molecule has 0 spiro atoms. The van der Waals surface area contributed by atoms with E-state index < -0.39 is 0 Å². The predicted molar refractivity (Wildman–Crippen MR) is 68.6 cm³/mol. The molecule has 2 heterocycles. The third kappa shape index (κ3) is 2.03. The molecule has 0 aromatic heterocycles. The molecule has 96 valence electrons. The summed E-state index contributed by atoms with van der Waals surface area (Å²) >= 11 is 0. The molecule has 1 aromatic carbocycles. The van der Waals surface area contributed by atoms with Crippen LogP contribution in [0.2, 0.25) is 0 Å². The zero-order valence-electron chi connectivity index (χ0n) is 10.3. The first-order valence-corrected chi connectivity index (χ1v) is 6.38. The van der Waals surface area contributed by atoms with E-state index in [1.165, 1.54) is 11.1 Å². The highest BCUT2D eigenvalue weighted by Crippen LogP contribution is 2.33. The Balaban J connectivity index is 1.92. The van der Waals surface area contributed by atoms with Crippen molar-refractivity contribution in [2.75, 3.05) is 13.2 Å². The van der Waals surface area contributed by atoms with Crippen molar-refractivity contribution in [1.29, 1.82) is 0 Å². The van der Waals surface area contributed by atoms with Gasteiger partial charge in [-0.1, -0.05) is 24.3 Å². The zero-order valence-corrected chi connectivity index (χ0v) is 10.3. The SMILES string of the molecule is NNC(C1=CCCO1)C1OCCc2ccccc21. The van der Waals surface area contributed by atoms with Crippen molar-refractivity contribution in [2.24, 2.45) is 5.84 Å². The van der Waals surface area contributed by atoms with Crippen molar-refractivity contribution >= 4 is 0 Å². The molecule has 1 aromatic rings. The maximum atomic E-state index is 5.91. The molecule has 0 bridgehead atoms. The van der Waals surface area contributed by atoms with Crippen LogP contribution in [0.15, 0.2) is 36.1 Å². The van der Waals surface area contributed by atoms with Crippen LogP contribution in [-0.4, -0.2) is 19.3 Å². The van der Waals surface area contributed by atoms with Crippen LogP contribution >= 0.6 is 0 Å². The molecule has 4 heteroatoms. The van der Waals surface area contributed by atoms with E-state index in [9.17, 15) is 0 Å². The van der Waals surface area contributed by atoms with Gasteiger partial charge in [0.25, 0.3) is 0 Å². The summed E-state index contributed by atoms with van der Waals surface area (Å²) in [5.41, 5.74) is 5.39. The van der Waals surface area contributed by atoms with E-state index in [2.05, 4.69) is 29.7 Å². The van der Waals surface area contributed by atoms with Gasteiger partial charge in [0.2, 0.25) is 0 Å². The van der Waals surface area contributed by atoms with Crippen LogP contribution in [0.25, 0.3) is 0 Å². The largest absolute Gasteiger partial charge is 0.496 e. The lowest BCUT2D eigenvalue weighted by atomic mass is 9.92. The number of hydrazine groups is 1. The van der Waals surface area contributed by atoms with Gasteiger partial charge < -0.3 is 9.47 Å². The van der Waals surface area contributed by atoms with Crippen molar-refractivity contribution in [3.05, 3.63) is 47.2 Å². The minimum atomic E-state index is -0.103. The minimum absolute atomic E-state index is 0.0655. The van der Waals surface area contributed by atoms with Crippen LogP contribution in [0, 0.1) is 0 Å². The standard InChI is InChI=1S/C14H18N2O2/c15-16-13(12-6-3-8-17-12)14-11-5-2-1-4-10(11)7-9-18-14/h1-2,4-6,13-14,16H,3,7-9,15H2. The maximum Gasteiger partial charge on any atom is 0.113 e. The smallest absolute Gasteiger partial charge is 0.113 e. The summed E-state index contributed by atoms with van der Waals surface area (Å²) in [5, 5.41) is 0. The number of nitrogens with one attached hydrogen (secondary N) is 1. The summed E-state index contributed by atoms with van der Waals surface area (Å²) in [6.07, 6.45) is 3.93. The Labute approximate surface area is 107 Å². The Morgan fingerprint density at radius 3 is 2.94 bits per heavy atom. The number of nitrogens with two attached hydrogens (primary N) is 1. The molecule has 0 saturated carbocycles. The fourth-order valence-electron chi connectivity index (χ4n) is 2.67. The van der Waals surface area contributed by atoms with Gasteiger partial charge in [0.05, 0.1) is 13.2 Å². The monoisotopic (exact) mass is 246 g/mol. The van der Waals surface area contributed by atoms with Crippen molar-refractivity contribution in [3.63, 3.8) is 0 Å². The molecule has 0 saturated heterocycles. The average Bonchev–Trinajstić information content (AvgIpc) is 2.94. The molecule has 0 fully saturated rings. The summed E-state index contributed by atoms with van der Waals surface area (Å²) in [7, 11) is 0. The molecule has 2 aliphatic heterocycles. The Hall–Kier alpha value is -1.36. The summed E-state index contributed by atoms with van der Waals surface area (Å²) < 4.78 is 11.5. The van der Waals surface area contributed by atoms with E-state index in [4.69, 9.17) is 15.3 Å². The fourth-order valence-corrected chi connectivity index (χ4v) is 2.67. The third-order valence-corrected chi connectivity index (χ3v) is 3.55. The van der Waals surface area contributed by atoms with Gasteiger partial charge in [-0.2, -0.15) is 0 Å². The molecule has 2 atom stereocenters. The number of ether oxygens (including phenoxy) is 2. The molecule has 0 radical (unpaired) electrons. The van der Waals surface area contributed by atoms with Gasteiger partial charge in [-0.3, -0.25) is 5.84 Å². The summed E-state index contributed by atoms with van der Waals surface area (Å²) in [5.74, 6) is 6.59. The second-order valence-corrected chi connectivity index (χ2v) is 4.63. The lowest BCUT2D eigenvalue weighted by Crippen LogP contribution is -2.43. The molecule has 2 aliphatic rings. The van der Waals surface area contributed by atoms with Gasteiger partial charge in [-0.15, -0.1) is 0 Å². The Morgan fingerprint density at radius 2 is 2.17 bits per heavy atom. The van der Waals surface area contributed by atoms with Crippen molar-refractivity contribution in [1.82, 2.24) is 5.43 Å². The third-order valence-electron chi connectivity index (χ3n) is 3.55. The molecular weight excluding hydrogens is 228 g/mol. The lowest BCUT2D eigenvalue weighted by Gasteiger charge is -2.32. The highest BCUT2D eigenvalue weighted by Gasteiger charge is 2.32. The first kappa shape index (κ1) is 11.7. The summed E-state index contributed by atoms with van der Waals surface area (Å²) in [4.78, 5) is 0. The number of benzene rings is 1. The quantitative estimate of drug-likeness (QED) is 0.626. The molecular formula is C14H18N2O2. The van der Waals surface area contributed by atoms with E-state index in [0.717, 1.165) is 31.8 Å². The summed E-state index contributed by atoms with van der Waals surface area (Å²) in [6.45, 7) is 1.47. The van der Waals surface area contributed by atoms with Gasteiger partial charge in [0.15, 0.2) is 0 Å².